The summed E-state index contributed by atoms with van der Waals surface area (Å²) in [6, 6.07) is 16.9. The van der Waals surface area contributed by atoms with Crippen molar-refractivity contribution in [3.05, 3.63) is 72.0 Å². The van der Waals surface area contributed by atoms with Crippen molar-refractivity contribution in [2.75, 3.05) is 6.26 Å². The van der Waals surface area contributed by atoms with Gasteiger partial charge in [-0.2, -0.15) is 0 Å². The Labute approximate surface area is 125 Å². The summed E-state index contributed by atoms with van der Waals surface area (Å²) >= 11 is 0. The molecule has 3 nitrogen and oxygen atoms in total. The van der Waals surface area contributed by atoms with Crippen LogP contribution in [0.5, 0.6) is 0 Å². The molecule has 2 unspecified atom stereocenters. The van der Waals surface area contributed by atoms with Gasteiger partial charge in [-0.3, -0.25) is 9.00 Å². The van der Waals surface area contributed by atoms with Crippen LogP contribution >= 0.6 is 0 Å². The van der Waals surface area contributed by atoms with Gasteiger partial charge in [-0.15, -0.1) is 0 Å². The van der Waals surface area contributed by atoms with Crippen molar-refractivity contribution in [1.82, 2.24) is 0 Å². The first-order chi connectivity index (χ1) is 10.2. The number of carbonyl (C=O) groups is 1. The second-order valence-electron chi connectivity index (χ2n) is 4.83. The van der Waals surface area contributed by atoms with E-state index in [2.05, 4.69) is 0 Å². The van der Waals surface area contributed by atoms with E-state index in [1.54, 1.807) is 6.26 Å². The smallest absolute Gasteiger partial charge is 0.322 e. The van der Waals surface area contributed by atoms with Crippen molar-refractivity contribution >= 4 is 22.3 Å². The van der Waals surface area contributed by atoms with Crippen LogP contribution in [0.4, 0.5) is 0 Å². The Kier molecular flexibility index (Phi) is 3.71. The highest BCUT2D eigenvalue weighted by atomic mass is 32.2. The zero-order valence-corrected chi connectivity index (χ0v) is 12.3. The van der Waals surface area contributed by atoms with Crippen molar-refractivity contribution in [1.29, 1.82) is 0 Å². The molecule has 3 rings (SSSR count). The highest BCUT2D eigenvalue weighted by molar-refractivity contribution is 7.84. The van der Waals surface area contributed by atoms with Crippen LogP contribution in [0.2, 0.25) is 0 Å². The van der Waals surface area contributed by atoms with E-state index in [9.17, 15) is 9.00 Å². The Hall–Kier alpha value is -2.20. The standard InChI is InChI=1S/C17H14O3S/c1-21(19)14-9-7-12(8-10-14)15-11-20-17(18)16(15)13-5-3-2-4-6-13/h2-11,16H,1H3. The minimum absolute atomic E-state index is 0.264. The molecule has 1 aliphatic heterocycles. The lowest BCUT2D eigenvalue weighted by Crippen LogP contribution is -2.09. The molecular formula is C17H14O3S. The van der Waals surface area contributed by atoms with E-state index < -0.39 is 16.7 Å². The summed E-state index contributed by atoms with van der Waals surface area (Å²) in [5.74, 6) is -0.663. The number of cyclic esters (lactones) is 1. The van der Waals surface area contributed by atoms with E-state index in [4.69, 9.17) is 4.74 Å². The van der Waals surface area contributed by atoms with Gasteiger partial charge in [-0.05, 0) is 23.3 Å². The third-order valence-corrected chi connectivity index (χ3v) is 4.44. The molecule has 2 aromatic carbocycles. The molecule has 0 spiro atoms. The average molecular weight is 298 g/mol. The first-order valence-corrected chi connectivity index (χ1v) is 8.12. The monoisotopic (exact) mass is 298 g/mol. The molecule has 106 valence electrons. The van der Waals surface area contributed by atoms with E-state index in [0.29, 0.717) is 0 Å². The topological polar surface area (TPSA) is 43.4 Å². The minimum atomic E-state index is -1.01. The van der Waals surface area contributed by atoms with Crippen molar-refractivity contribution in [2.24, 2.45) is 0 Å². The van der Waals surface area contributed by atoms with Crippen LogP contribution < -0.4 is 0 Å². The normalized spacial score (nSPS) is 19.0. The molecule has 0 fully saturated rings. The van der Waals surface area contributed by atoms with Gasteiger partial charge in [0.2, 0.25) is 0 Å². The lowest BCUT2D eigenvalue weighted by atomic mass is 9.89. The average Bonchev–Trinajstić information content (AvgIpc) is 2.90. The fourth-order valence-corrected chi connectivity index (χ4v) is 2.94. The summed E-state index contributed by atoms with van der Waals surface area (Å²) in [5, 5.41) is 0. The maximum Gasteiger partial charge on any atom is 0.322 e. The summed E-state index contributed by atoms with van der Waals surface area (Å²) in [5.41, 5.74) is 2.65. The molecule has 2 atom stereocenters. The second-order valence-corrected chi connectivity index (χ2v) is 6.21. The third-order valence-electron chi connectivity index (χ3n) is 3.50. The lowest BCUT2D eigenvalue weighted by Gasteiger charge is -2.12. The number of ether oxygens (including phenoxy) is 1. The largest absolute Gasteiger partial charge is 0.433 e. The fraction of sp³-hybridized carbons (Fsp3) is 0.118. The van der Waals surface area contributed by atoms with E-state index in [0.717, 1.165) is 21.6 Å². The van der Waals surface area contributed by atoms with Gasteiger partial charge in [0.25, 0.3) is 0 Å². The summed E-state index contributed by atoms with van der Waals surface area (Å²) in [7, 11) is -1.01. The highest BCUT2D eigenvalue weighted by Crippen LogP contribution is 2.37. The van der Waals surface area contributed by atoms with Crippen molar-refractivity contribution in [3.8, 4) is 0 Å². The number of hydrogen-bond acceptors (Lipinski definition) is 3. The highest BCUT2D eigenvalue weighted by Gasteiger charge is 2.32. The Morgan fingerprint density at radius 3 is 2.29 bits per heavy atom. The number of esters is 1. The molecule has 2 aromatic rings. The SMILES string of the molecule is CS(=O)c1ccc(C2=COC(=O)C2c2ccccc2)cc1. The van der Waals surface area contributed by atoms with Gasteiger partial charge in [0.05, 0.1) is 6.26 Å². The molecule has 0 bridgehead atoms. The molecular weight excluding hydrogens is 284 g/mol. The van der Waals surface area contributed by atoms with Gasteiger partial charge >= 0.3 is 5.97 Å². The Balaban J connectivity index is 1.97. The van der Waals surface area contributed by atoms with Gasteiger partial charge in [0.15, 0.2) is 0 Å². The maximum absolute atomic E-state index is 12.0. The second kappa shape index (κ2) is 5.66. The van der Waals surface area contributed by atoms with Gasteiger partial charge in [-0.1, -0.05) is 42.5 Å². The lowest BCUT2D eigenvalue weighted by molar-refractivity contribution is -0.136. The first-order valence-electron chi connectivity index (χ1n) is 6.56. The predicted molar refractivity (Wildman–Crippen MR) is 82.0 cm³/mol. The van der Waals surface area contributed by atoms with Crippen LogP contribution in [0.15, 0.2) is 65.8 Å². The van der Waals surface area contributed by atoms with Gasteiger partial charge in [0, 0.05) is 27.5 Å². The van der Waals surface area contributed by atoms with Crippen LogP contribution in [0.3, 0.4) is 0 Å². The molecule has 0 saturated heterocycles. The molecule has 0 amide bonds. The predicted octanol–water partition coefficient (Wildman–Crippen LogP) is 3.11. The van der Waals surface area contributed by atoms with E-state index in [-0.39, 0.29) is 5.97 Å². The quantitative estimate of drug-likeness (QED) is 0.818. The molecule has 0 saturated carbocycles. The summed E-state index contributed by atoms with van der Waals surface area (Å²) in [6.45, 7) is 0. The molecule has 1 aliphatic rings. The van der Waals surface area contributed by atoms with E-state index >= 15 is 0 Å². The minimum Gasteiger partial charge on any atom is -0.433 e. The van der Waals surface area contributed by atoms with Gasteiger partial charge in [-0.25, -0.2) is 0 Å². The Morgan fingerprint density at radius 2 is 1.67 bits per heavy atom. The molecule has 21 heavy (non-hydrogen) atoms. The van der Waals surface area contributed by atoms with Crippen molar-refractivity contribution in [3.63, 3.8) is 0 Å². The van der Waals surface area contributed by atoms with Crippen molar-refractivity contribution in [2.45, 2.75) is 10.8 Å². The maximum atomic E-state index is 12.0. The van der Waals surface area contributed by atoms with E-state index in [1.807, 2.05) is 54.6 Å². The van der Waals surface area contributed by atoms with Crippen LogP contribution in [-0.4, -0.2) is 16.4 Å². The molecule has 0 aromatic heterocycles. The molecule has 0 aliphatic carbocycles. The fourth-order valence-electron chi connectivity index (χ4n) is 2.42. The zero-order chi connectivity index (χ0) is 14.8. The van der Waals surface area contributed by atoms with Crippen LogP contribution in [0.25, 0.3) is 5.57 Å². The Bertz CT molecular complexity index is 717. The van der Waals surface area contributed by atoms with E-state index in [1.165, 1.54) is 6.26 Å². The number of rotatable bonds is 3. The molecule has 1 heterocycles. The molecule has 0 radical (unpaired) electrons. The number of carbonyl (C=O) groups excluding carboxylic acids is 1. The summed E-state index contributed by atoms with van der Waals surface area (Å²) in [6.07, 6.45) is 3.15. The third kappa shape index (κ3) is 2.67. The number of benzene rings is 2. The number of hydrogen-bond donors (Lipinski definition) is 0. The zero-order valence-electron chi connectivity index (χ0n) is 11.5. The van der Waals surface area contributed by atoms with Crippen LogP contribution in [-0.2, 0) is 20.3 Å². The molecule has 0 N–H and O–H groups in total. The van der Waals surface area contributed by atoms with Crippen molar-refractivity contribution < 1.29 is 13.7 Å². The van der Waals surface area contributed by atoms with Crippen LogP contribution in [0, 0.1) is 0 Å². The first kappa shape index (κ1) is 13.8. The molecule has 4 heteroatoms. The van der Waals surface area contributed by atoms with Crippen LogP contribution in [0.1, 0.15) is 17.0 Å². The Morgan fingerprint density at radius 1 is 1.00 bits per heavy atom. The summed E-state index contributed by atoms with van der Waals surface area (Å²) < 4.78 is 16.5. The summed E-state index contributed by atoms with van der Waals surface area (Å²) in [4.78, 5) is 12.8. The van der Waals surface area contributed by atoms with Gasteiger partial charge < -0.3 is 4.74 Å². The van der Waals surface area contributed by atoms with Gasteiger partial charge in [0.1, 0.15) is 5.92 Å².